The number of carbonyl (C=O) groups excluding carboxylic acids is 1. The van der Waals surface area contributed by atoms with Gasteiger partial charge < -0.3 is 4.42 Å². The number of nitrogens with zero attached hydrogens (tertiary/aromatic N) is 4. The third kappa shape index (κ3) is 3.56. The number of hydrazone groups is 1. The van der Waals surface area contributed by atoms with Crippen LogP contribution in [-0.2, 0) is 4.79 Å². The lowest BCUT2D eigenvalue weighted by molar-refractivity contribution is -0.130. The summed E-state index contributed by atoms with van der Waals surface area (Å²) in [4.78, 5) is 12.8. The van der Waals surface area contributed by atoms with Crippen LogP contribution in [0.3, 0.4) is 0 Å². The lowest BCUT2D eigenvalue weighted by Gasteiger charge is -2.19. The smallest absolute Gasteiger partial charge is 0.253 e. The molecular weight excluding hydrogens is 368 g/mol. The van der Waals surface area contributed by atoms with Gasteiger partial charge in [0.1, 0.15) is 17.3 Å². The van der Waals surface area contributed by atoms with Crippen molar-refractivity contribution in [2.24, 2.45) is 5.10 Å². The van der Waals surface area contributed by atoms with Crippen LogP contribution in [0.2, 0.25) is 0 Å². The number of benzene rings is 1. The molecule has 0 fully saturated rings. The summed E-state index contributed by atoms with van der Waals surface area (Å²) in [5.74, 6) is 0.927. The highest BCUT2D eigenvalue weighted by molar-refractivity contribution is 8.01. The van der Waals surface area contributed by atoms with Gasteiger partial charge in [-0.05, 0) is 24.6 Å². The molecule has 1 atom stereocenters. The summed E-state index contributed by atoms with van der Waals surface area (Å²) < 4.78 is 6.33. The zero-order valence-electron chi connectivity index (χ0n) is 14.0. The average molecular weight is 384 g/mol. The highest BCUT2D eigenvalue weighted by Gasteiger charge is 2.34. The average Bonchev–Trinajstić information content (AvgIpc) is 3.41. The van der Waals surface area contributed by atoms with E-state index in [-0.39, 0.29) is 17.7 Å². The minimum absolute atomic E-state index is 0.0753. The zero-order valence-corrected chi connectivity index (χ0v) is 15.7. The Kier molecular flexibility index (Phi) is 4.85. The highest BCUT2D eigenvalue weighted by Crippen LogP contribution is 2.34. The minimum atomic E-state index is -0.219. The minimum Gasteiger partial charge on any atom is -0.467 e. The third-order valence-electron chi connectivity index (χ3n) is 4.08. The predicted molar refractivity (Wildman–Crippen MR) is 101 cm³/mol. The van der Waals surface area contributed by atoms with E-state index in [9.17, 15) is 4.79 Å². The molecule has 0 saturated carbocycles. The Balaban J connectivity index is 1.57. The van der Waals surface area contributed by atoms with Gasteiger partial charge in [-0.25, -0.2) is 5.01 Å². The summed E-state index contributed by atoms with van der Waals surface area (Å²) in [6.45, 7) is 2.05. The number of thioether (sulfide) groups is 1. The molecule has 0 radical (unpaired) electrons. The van der Waals surface area contributed by atoms with Crippen molar-refractivity contribution in [1.29, 1.82) is 0 Å². The first-order valence-electron chi connectivity index (χ1n) is 8.09. The number of rotatable bonds is 5. The molecule has 0 spiro atoms. The fraction of sp³-hybridized carbons (Fsp3) is 0.222. The molecule has 0 bridgehead atoms. The molecule has 6 nitrogen and oxygen atoms in total. The van der Waals surface area contributed by atoms with Gasteiger partial charge in [0.05, 0.1) is 17.7 Å². The molecule has 8 heteroatoms. The van der Waals surface area contributed by atoms with Crippen molar-refractivity contribution in [3.8, 4) is 0 Å². The number of carbonyl (C=O) groups is 1. The van der Waals surface area contributed by atoms with E-state index in [4.69, 9.17) is 4.42 Å². The Hall–Kier alpha value is -2.45. The first-order chi connectivity index (χ1) is 12.7. The Bertz CT molecular complexity index is 905. The van der Waals surface area contributed by atoms with E-state index in [1.54, 1.807) is 16.8 Å². The topological polar surface area (TPSA) is 71.6 Å². The fourth-order valence-electron chi connectivity index (χ4n) is 2.78. The molecule has 26 heavy (non-hydrogen) atoms. The number of aryl methyl sites for hydroxylation is 1. The molecule has 1 aliphatic heterocycles. The summed E-state index contributed by atoms with van der Waals surface area (Å²) >= 11 is 2.79. The molecule has 1 aliphatic rings. The van der Waals surface area contributed by atoms with Crippen molar-refractivity contribution in [1.82, 2.24) is 15.2 Å². The number of amides is 1. The van der Waals surface area contributed by atoms with Gasteiger partial charge in [0, 0.05) is 6.42 Å². The summed E-state index contributed by atoms with van der Waals surface area (Å²) in [6.07, 6.45) is 2.25. The second kappa shape index (κ2) is 7.43. The lowest BCUT2D eigenvalue weighted by atomic mass is 10.0. The predicted octanol–water partition coefficient (Wildman–Crippen LogP) is 3.91. The maximum absolute atomic E-state index is 12.8. The van der Waals surface area contributed by atoms with Crippen molar-refractivity contribution in [3.05, 3.63) is 65.1 Å². The molecule has 1 unspecified atom stereocenters. The van der Waals surface area contributed by atoms with Crippen molar-refractivity contribution >= 4 is 34.7 Å². The van der Waals surface area contributed by atoms with Crippen LogP contribution in [0, 0.1) is 6.92 Å². The van der Waals surface area contributed by atoms with Crippen molar-refractivity contribution in [2.75, 3.05) is 5.75 Å². The van der Waals surface area contributed by atoms with Gasteiger partial charge in [-0.15, -0.1) is 10.2 Å². The van der Waals surface area contributed by atoms with Gasteiger partial charge in [-0.1, -0.05) is 52.9 Å². The maximum Gasteiger partial charge on any atom is 0.253 e. The van der Waals surface area contributed by atoms with Gasteiger partial charge in [-0.3, -0.25) is 4.79 Å². The van der Waals surface area contributed by atoms with Gasteiger partial charge in [0.2, 0.25) is 0 Å². The van der Waals surface area contributed by atoms with E-state index in [2.05, 4.69) is 27.4 Å². The van der Waals surface area contributed by atoms with Crippen LogP contribution in [0.1, 0.15) is 29.3 Å². The van der Waals surface area contributed by atoms with E-state index >= 15 is 0 Å². The van der Waals surface area contributed by atoms with Gasteiger partial charge >= 0.3 is 0 Å². The van der Waals surface area contributed by atoms with Crippen LogP contribution in [0.25, 0.3) is 0 Å². The number of hydrogen-bond acceptors (Lipinski definition) is 7. The highest BCUT2D eigenvalue weighted by atomic mass is 32.2. The number of aromatic nitrogens is 2. The second-order valence-corrected chi connectivity index (χ2v) is 7.94. The lowest BCUT2D eigenvalue weighted by Crippen LogP contribution is -2.28. The molecule has 2 aromatic heterocycles. The van der Waals surface area contributed by atoms with Crippen LogP contribution >= 0.6 is 23.1 Å². The summed E-state index contributed by atoms with van der Waals surface area (Å²) in [6, 6.07) is 11.7. The molecule has 1 amide bonds. The Morgan fingerprint density at radius 1 is 1.35 bits per heavy atom. The van der Waals surface area contributed by atoms with E-state index in [0.29, 0.717) is 6.42 Å². The van der Waals surface area contributed by atoms with Crippen molar-refractivity contribution in [2.45, 2.75) is 23.7 Å². The number of furan rings is 1. The van der Waals surface area contributed by atoms with Gasteiger partial charge in [-0.2, -0.15) is 5.10 Å². The van der Waals surface area contributed by atoms with Crippen molar-refractivity contribution in [3.63, 3.8) is 0 Å². The molecule has 1 aromatic carbocycles. The van der Waals surface area contributed by atoms with Gasteiger partial charge in [0.25, 0.3) is 5.91 Å². The Labute approximate surface area is 158 Å². The molecule has 3 aromatic rings. The quantitative estimate of drug-likeness (QED) is 0.624. The first-order valence-corrected chi connectivity index (χ1v) is 9.96. The Morgan fingerprint density at radius 3 is 2.88 bits per heavy atom. The summed E-state index contributed by atoms with van der Waals surface area (Å²) in [7, 11) is 0. The third-order valence-corrected chi connectivity index (χ3v) is 5.93. The van der Waals surface area contributed by atoms with Crippen LogP contribution in [0.4, 0.5) is 0 Å². The van der Waals surface area contributed by atoms with Crippen LogP contribution in [0.15, 0.2) is 62.0 Å². The maximum atomic E-state index is 12.8. The second-order valence-electron chi connectivity index (χ2n) is 5.88. The first kappa shape index (κ1) is 17.0. The molecular formula is C18H16N4O2S2. The molecule has 0 aliphatic carbocycles. The monoisotopic (exact) mass is 384 g/mol. The van der Waals surface area contributed by atoms with Crippen molar-refractivity contribution < 1.29 is 9.21 Å². The van der Waals surface area contributed by atoms with Crippen LogP contribution in [0.5, 0.6) is 0 Å². The fourth-order valence-corrected chi connectivity index (χ4v) is 4.12. The zero-order chi connectivity index (χ0) is 17.9. The standard InChI is InChI=1S/C18H16N4O2S2/c1-12-4-6-13(7-5-12)14-9-15(16-3-2-8-24-16)22(21-14)17(23)10-25-18-20-19-11-26-18/h2-8,11,15H,9-10H2,1H3. The van der Waals surface area contributed by atoms with E-state index in [1.165, 1.54) is 28.7 Å². The Morgan fingerprint density at radius 2 is 2.19 bits per heavy atom. The molecule has 4 rings (SSSR count). The van der Waals surface area contributed by atoms with E-state index < -0.39 is 0 Å². The van der Waals surface area contributed by atoms with Crippen LogP contribution in [-0.4, -0.2) is 32.6 Å². The van der Waals surface area contributed by atoms with Crippen LogP contribution < -0.4 is 0 Å². The molecule has 0 saturated heterocycles. The molecule has 132 valence electrons. The normalized spacial score (nSPS) is 16.7. The molecule has 0 N–H and O–H groups in total. The van der Waals surface area contributed by atoms with E-state index in [1.807, 2.05) is 31.2 Å². The molecule has 3 heterocycles. The SMILES string of the molecule is Cc1ccc(C2=NN(C(=O)CSc3nncs3)C(c3ccco3)C2)cc1. The van der Waals surface area contributed by atoms with E-state index in [0.717, 1.165) is 21.4 Å². The number of hydrogen-bond donors (Lipinski definition) is 0. The van der Waals surface area contributed by atoms with Gasteiger partial charge in [0.15, 0.2) is 4.34 Å². The summed E-state index contributed by atoms with van der Waals surface area (Å²) in [5, 5.41) is 13.9. The largest absolute Gasteiger partial charge is 0.467 e. The summed E-state index contributed by atoms with van der Waals surface area (Å²) in [5.41, 5.74) is 4.76.